The highest BCUT2D eigenvalue weighted by Gasteiger charge is 2.24. The summed E-state index contributed by atoms with van der Waals surface area (Å²) >= 11 is 0. The number of ether oxygens (including phenoxy) is 1. The van der Waals surface area contributed by atoms with Crippen LogP contribution in [-0.4, -0.2) is 46.8 Å². The van der Waals surface area contributed by atoms with Gasteiger partial charge in [0.1, 0.15) is 5.76 Å². The number of likely N-dealkylation sites (tertiary alicyclic amines) is 1. The first kappa shape index (κ1) is 19.7. The van der Waals surface area contributed by atoms with Gasteiger partial charge in [-0.25, -0.2) is 4.79 Å². The Hall–Kier alpha value is -2.57. The van der Waals surface area contributed by atoms with E-state index in [0.29, 0.717) is 18.2 Å². The highest BCUT2D eigenvalue weighted by Crippen LogP contribution is 2.34. The van der Waals surface area contributed by atoms with Gasteiger partial charge in [0.05, 0.1) is 13.2 Å². The maximum Gasteiger partial charge on any atom is 0.371 e. The number of aromatic nitrogens is 1. The van der Waals surface area contributed by atoms with Crippen molar-refractivity contribution in [1.29, 1.82) is 0 Å². The highest BCUT2D eigenvalue weighted by molar-refractivity contribution is 5.85. The summed E-state index contributed by atoms with van der Waals surface area (Å²) in [5, 5.41) is 10.4. The van der Waals surface area contributed by atoms with Gasteiger partial charge in [-0.1, -0.05) is 18.2 Å². The lowest BCUT2D eigenvalue weighted by atomic mass is 9.89. The van der Waals surface area contributed by atoms with Gasteiger partial charge >= 0.3 is 5.97 Å². The van der Waals surface area contributed by atoms with Crippen LogP contribution in [0.1, 0.15) is 47.6 Å². The third kappa shape index (κ3) is 4.38. The van der Waals surface area contributed by atoms with Gasteiger partial charge in [-0.3, -0.25) is 4.90 Å². The second-order valence-corrected chi connectivity index (χ2v) is 7.61. The van der Waals surface area contributed by atoms with Crippen LogP contribution in [0, 0.1) is 0 Å². The van der Waals surface area contributed by atoms with Crippen LogP contribution < -0.4 is 0 Å². The van der Waals surface area contributed by atoms with E-state index in [-0.39, 0.29) is 5.76 Å². The normalized spacial score (nSPS) is 15.9. The molecule has 1 N–H and O–H groups in total. The van der Waals surface area contributed by atoms with Gasteiger partial charge in [0.25, 0.3) is 0 Å². The number of rotatable bonds is 8. The predicted molar refractivity (Wildman–Crippen MR) is 111 cm³/mol. The van der Waals surface area contributed by atoms with Gasteiger partial charge in [0, 0.05) is 30.3 Å². The average molecular weight is 396 g/mol. The van der Waals surface area contributed by atoms with E-state index in [0.717, 1.165) is 45.7 Å². The van der Waals surface area contributed by atoms with Crippen molar-refractivity contribution in [3.05, 3.63) is 59.7 Å². The molecular formula is C23H28N2O4. The number of fused-ring (bicyclic) bond motifs is 1. The van der Waals surface area contributed by atoms with Gasteiger partial charge in [-0.05, 0) is 62.5 Å². The summed E-state index contributed by atoms with van der Waals surface area (Å²) in [6.07, 6.45) is 4.49. The number of hydrogen-bond donors (Lipinski definition) is 1. The first-order valence-corrected chi connectivity index (χ1v) is 10.4. The Morgan fingerprint density at radius 1 is 1.21 bits per heavy atom. The maximum atomic E-state index is 11.0. The lowest BCUT2D eigenvalue weighted by molar-refractivity contribution is 0.0657. The van der Waals surface area contributed by atoms with Gasteiger partial charge in [-0.2, -0.15) is 0 Å². The minimum absolute atomic E-state index is 0.00903. The zero-order valence-corrected chi connectivity index (χ0v) is 16.8. The van der Waals surface area contributed by atoms with Gasteiger partial charge < -0.3 is 18.8 Å². The molecular weight excluding hydrogens is 368 g/mol. The lowest BCUT2D eigenvalue weighted by Crippen LogP contribution is -2.32. The summed E-state index contributed by atoms with van der Waals surface area (Å²) in [6, 6.07) is 11.9. The van der Waals surface area contributed by atoms with Crippen LogP contribution in [0.15, 0.2) is 47.0 Å². The number of carboxylic acid groups (broad SMARTS) is 1. The fraction of sp³-hybridized carbons (Fsp3) is 0.435. The number of furan rings is 1. The van der Waals surface area contributed by atoms with Crippen molar-refractivity contribution in [2.45, 2.75) is 38.8 Å². The average Bonchev–Trinajstić information content (AvgIpc) is 3.34. The molecule has 1 fully saturated rings. The molecule has 1 saturated heterocycles. The topological polar surface area (TPSA) is 67.8 Å². The Morgan fingerprint density at radius 3 is 2.72 bits per heavy atom. The van der Waals surface area contributed by atoms with Gasteiger partial charge in [0.15, 0.2) is 0 Å². The minimum atomic E-state index is -1.02. The van der Waals surface area contributed by atoms with Crippen LogP contribution in [0.3, 0.4) is 0 Å². The molecule has 0 saturated carbocycles. The fourth-order valence-corrected chi connectivity index (χ4v) is 4.29. The van der Waals surface area contributed by atoms with Crippen molar-refractivity contribution in [2.75, 3.05) is 26.3 Å². The monoisotopic (exact) mass is 396 g/mol. The van der Waals surface area contributed by atoms with E-state index in [4.69, 9.17) is 14.3 Å². The molecule has 0 radical (unpaired) electrons. The smallest absolute Gasteiger partial charge is 0.371 e. The van der Waals surface area contributed by atoms with E-state index < -0.39 is 5.97 Å². The van der Waals surface area contributed by atoms with Crippen LogP contribution in [0.4, 0.5) is 0 Å². The minimum Gasteiger partial charge on any atom is -0.475 e. The quantitative estimate of drug-likeness (QED) is 0.574. The first-order chi connectivity index (χ1) is 14.2. The molecule has 1 aromatic carbocycles. The summed E-state index contributed by atoms with van der Waals surface area (Å²) < 4.78 is 13.3. The van der Waals surface area contributed by atoms with Crippen LogP contribution in [0.5, 0.6) is 0 Å². The van der Waals surface area contributed by atoms with Crippen molar-refractivity contribution >= 4 is 16.9 Å². The Morgan fingerprint density at radius 2 is 2.00 bits per heavy atom. The van der Waals surface area contributed by atoms with E-state index >= 15 is 0 Å². The second-order valence-electron chi connectivity index (χ2n) is 7.61. The number of aromatic carboxylic acids is 1. The zero-order chi connectivity index (χ0) is 20.2. The van der Waals surface area contributed by atoms with Gasteiger partial charge in [-0.15, -0.1) is 0 Å². The summed E-state index contributed by atoms with van der Waals surface area (Å²) in [4.78, 5) is 13.3. The van der Waals surface area contributed by atoms with Crippen molar-refractivity contribution < 1.29 is 19.1 Å². The van der Waals surface area contributed by atoms with Crippen molar-refractivity contribution in [2.24, 2.45) is 0 Å². The summed E-state index contributed by atoms with van der Waals surface area (Å²) in [6.45, 7) is 6.99. The van der Waals surface area contributed by atoms with Crippen molar-refractivity contribution in [3.63, 3.8) is 0 Å². The molecule has 0 aliphatic carbocycles. The van der Waals surface area contributed by atoms with Gasteiger partial charge in [0.2, 0.25) is 5.76 Å². The molecule has 0 unspecified atom stereocenters. The zero-order valence-electron chi connectivity index (χ0n) is 16.8. The standard InChI is InChI=1S/C23H28N2O4/c1-2-28-14-13-25-16-20(19-5-3-4-6-21(19)25)17-9-11-24(12-10-17)15-18-7-8-22(29-18)23(26)27/h3-8,16-17H,2,9-15H2,1H3,(H,26,27). The number of benzene rings is 1. The van der Waals surface area contributed by atoms with Crippen LogP contribution in [0.2, 0.25) is 0 Å². The summed E-state index contributed by atoms with van der Waals surface area (Å²) in [7, 11) is 0. The summed E-state index contributed by atoms with van der Waals surface area (Å²) in [5.74, 6) is 0.245. The Labute approximate surface area is 170 Å². The van der Waals surface area contributed by atoms with E-state index in [9.17, 15) is 4.79 Å². The Bertz CT molecular complexity index is 966. The molecule has 29 heavy (non-hydrogen) atoms. The molecule has 1 aliphatic rings. The van der Waals surface area contributed by atoms with E-state index in [2.05, 4.69) is 39.9 Å². The number of hydrogen-bond acceptors (Lipinski definition) is 4. The molecule has 154 valence electrons. The molecule has 6 nitrogen and oxygen atoms in total. The Balaban J connectivity index is 1.42. The molecule has 0 spiro atoms. The summed E-state index contributed by atoms with van der Waals surface area (Å²) in [5.41, 5.74) is 2.71. The number of para-hydroxylation sites is 1. The number of piperidine rings is 1. The SMILES string of the molecule is CCOCCn1cc(C2CCN(Cc3ccc(C(=O)O)o3)CC2)c2ccccc21. The Kier molecular flexibility index (Phi) is 6.02. The number of carboxylic acids is 1. The highest BCUT2D eigenvalue weighted by atomic mass is 16.5. The van der Waals surface area contributed by atoms with Crippen LogP contribution in [-0.2, 0) is 17.8 Å². The molecule has 0 bridgehead atoms. The third-order valence-corrected chi connectivity index (χ3v) is 5.78. The molecule has 6 heteroatoms. The molecule has 2 aromatic heterocycles. The van der Waals surface area contributed by atoms with Crippen molar-refractivity contribution in [1.82, 2.24) is 9.47 Å². The molecule has 3 aromatic rings. The van der Waals surface area contributed by atoms with E-state index in [1.54, 1.807) is 6.07 Å². The number of carbonyl (C=O) groups is 1. The second kappa shape index (κ2) is 8.84. The van der Waals surface area contributed by atoms with Crippen molar-refractivity contribution in [3.8, 4) is 0 Å². The largest absolute Gasteiger partial charge is 0.475 e. The maximum absolute atomic E-state index is 11.0. The number of nitrogens with zero attached hydrogens (tertiary/aromatic N) is 2. The van der Waals surface area contributed by atoms with E-state index in [1.807, 2.05) is 6.92 Å². The van der Waals surface area contributed by atoms with E-state index in [1.165, 1.54) is 22.5 Å². The van der Waals surface area contributed by atoms with Crippen LogP contribution >= 0.6 is 0 Å². The molecule has 1 aliphatic heterocycles. The lowest BCUT2D eigenvalue weighted by Gasteiger charge is -2.31. The molecule has 0 amide bonds. The van der Waals surface area contributed by atoms with Crippen LogP contribution in [0.25, 0.3) is 10.9 Å². The predicted octanol–water partition coefficient (Wildman–Crippen LogP) is 4.35. The molecule has 4 rings (SSSR count). The first-order valence-electron chi connectivity index (χ1n) is 10.4. The molecule has 0 atom stereocenters. The third-order valence-electron chi connectivity index (χ3n) is 5.78. The fourth-order valence-electron chi connectivity index (χ4n) is 4.29. The molecule has 3 heterocycles.